The van der Waals surface area contributed by atoms with Crippen LogP contribution in [0.15, 0.2) is 24.3 Å². The average molecular weight is 342 g/mol. The van der Waals surface area contributed by atoms with Crippen molar-refractivity contribution in [2.24, 2.45) is 0 Å². The molecule has 0 unspecified atom stereocenters. The van der Waals surface area contributed by atoms with Crippen LogP contribution in [-0.4, -0.2) is 73.0 Å². The molecule has 1 aromatic rings. The minimum atomic E-state index is -3.49. The molecular formula is C13H18N4O5S. The van der Waals surface area contributed by atoms with E-state index in [-0.39, 0.29) is 43.3 Å². The standard InChI is InChI=1S/C13H18N4O5S/c1-14(2)23(21,22)16-8-6-15(7-9-16)13(18)11-4-3-5-12(10-11)17(19)20/h3-5,10H,6-9H2,1-2H3. The number of nitro groups is 1. The molecule has 0 atom stereocenters. The predicted molar refractivity (Wildman–Crippen MR) is 83.2 cm³/mol. The molecule has 126 valence electrons. The van der Waals surface area contributed by atoms with Crippen molar-refractivity contribution < 1.29 is 18.1 Å². The summed E-state index contributed by atoms with van der Waals surface area (Å²) in [7, 11) is -0.584. The first-order valence-electron chi connectivity index (χ1n) is 6.95. The highest BCUT2D eigenvalue weighted by Crippen LogP contribution is 2.17. The monoisotopic (exact) mass is 342 g/mol. The topological polar surface area (TPSA) is 104 Å². The highest BCUT2D eigenvalue weighted by molar-refractivity contribution is 7.86. The van der Waals surface area contributed by atoms with Crippen LogP contribution in [0.5, 0.6) is 0 Å². The summed E-state index contributed by atoms with van der Waals surface area (Å²) in [4.78, 5) is 24.1. The van der Waals surface area contributed by atoms with Gasteiger partial charge in [0.05, 0.1) is 4.92 Å². The van der Waals surface area contributed by atoms with Crippen molar-refractivity contribution in [2.45, 2.75) is 0 Å². The van der Waals surface area contributed by atoms with Crippen molar-refractivity contribution in [3.8, 4) is 0 Å². The second-order valence-corrected chi connectivity index (χ2v) is 7.43. The Morgan fingerprint density at radius 3 is 2.35 bits per heavy atom. The second-order valence-electron chi connectivity index (χ2n) is 5.29. The maximum atomic E-state index is 12.4. The van der Waals surface area contributed by atoms with Crippen LogP contribution in [0.2, 0.25) is 0 Å². The summed E-state index contributed by atoms with van der Waals surface area (Å²) in [6.07, 6.45) is 0. The molecule has 1 saturated heterocycles. The molecule has 1 aromatic carbocycles. The first kappa shape index (κ1) is 17.3. The molecule has 1 fully saturated rings. The summed E-state index contributed by atoms with van der Waals surface area (Å²) in [6.45, 7) is 0.881. The van der Waals surface area contributed by atoms with E-state index in [4.69, 9.17) is 0 Å². The van der Waals surface area contributed by atoms with Gasteiger partial charge in [-0.2, -0.15) is 17.0 Å². The largest absolute Gasteiger partial charge is 0.336 e. The number of piperazine rings is 1. The van der Waals surface area contributed by atoms with E-state index in [0.717, 1.165) is 4.31 Å². The van der Waals surface area contributed by atoms with Crippen LogP contribution in [0.25, 0.3) is 0 Å². The average Bonchev–Trinajstić information content (AvgIpc) is 2.54. The Kier molecular flexibility index (Phi) is 4.97. The quantitative estimate of drug-likeness (QED) is 0.572. The molecule has 0 bridgehead atoms. The van der Waals surface area contributed by atoms with Crippen LogP contribution in [-0.2, 0) is 10.2 Å². The minimum absolute atomic E-state index is 0.148. The van der Waals surface area contributed by atoms with Crippen molar-refractivity contribution >= 4 is 21.8 Å². The summed E-state index contributed by atoms with van der Waals surface area (Å²) in [5, 5.41) is 10.8. The molecule has 1 amide bonds. The summed E-state index contributed by atoms with van der Waals surface area (Å²) in [6, 6.07) is 5.51. The number of non-ortho nitro benzene ring substituents is 1. The van der Waals surface area contributed by atoms with E-state index in [1.165, 1.54) is 47.6 Å². The fourth-order valence-corrected chi connectivity index (χ4v) is 3.37. The fourth-order valence-electron chi connectivity index (χ4n) is 2.29. The molecule has 0 radical (unpaired) electrons. The van der Waals surface area contributed by atoms with Crippen LogP contribution >= 0.6 is 0 Å². The van der Waals surface area contributed by atoms with E-state index in [0.29, 0.717) is 0 Å². The Hall–Kier alpha value is -2.04. The number of rotatable bonds is 4. The zero-order valence-electron chi connectivity index (χ0n) is 12.9. The second kappa shape index (κ2) is 6.60. The molecule has 0 aromatic heterocycles. The Labute approximate surface area is 134 Å². The van der Waals surface area contributed by atoms with Gasteiger partial charge in [0.1, 0.15) is 0 Å². The highest BCUT2D eigenvalue weighted by Gasteiger charge is 2.30. The summed E-state index contributed by atoms with van der Waals surface area (Å²) >= 11 is 0. The van der Waals surface area contributed by atoms with Crippen LogP contribution in [0.3, 0.4) is 0 Å². The molecule has 2 rings (SSSR count). The number of hydrogen-bond donors (Lipinski definition) is 0. The third-order valence-corrected chi connectivity index (χ3v) is 5.56. The Bertz CT molecular complexity index is 711. The Morgan fingerprint density at radius 2 is 1.83 bits per heavy atom. The molecule has 10 heteroatoms. The zero-order valence-corrected chi connectivity index (χ0v) is 13.7. The van der Waals surface area contributed by atoms with Gasteiger partial charge >= 0.3 is 0 Å². The Morgan fingerprint density at radius 1 is 1.22 bits per heavy atom. The third-order valence-electron chi connectivity index (χ3n) is 3.62. The first-order chi connectivity index (χ1) is 10.7. The fraction of sp³-hybridized carbons (Fsp3) is 0.462. The van der Waals surface area contributed by atoms with Gasteiger partial charge in [0.2, 0.25) is 0 Å². The van der Waals surface area contributed by atoms with Crippen molar-refractivity contribution in [1.82, 2.24) is 13.5 Å². The number of amides is 1. The van der Waals surface area contributed by atoms with Gasteiger partial charge in [-0.15, -0.1) is 0 Å². The number of hydrogen-bond acceptors (Lipinski definition) is 5. The number of benzene rings is 1. The zero-order chi connectivity index (χ0) is 17.2. The minimum Gasteiger partial charge on any atom is -0.336 e. The van der Waals surface area contributed by atoms with Crippen molar-refractivity contribution in [3.63, 3.8) is 0 Å². The molecule has 1 heterocycles. The lowest BCUT2D eigenvalue weighted by Crippen LogP contribution is -2.53. The molecule has 1 aliphatic rings. The third kappa shape index (κ3) is 3.66. The van der Waals surface area contributed by atoms with Gasteiger partial charge in [0.25, 0.3) is 21.8 Å². The summed E-state index contributed by atoms with van der Waals surface area (Å²) in [5.41, 5.74) is 0.0767. The van der Waals surface area contributed by atoms with Crippen molar-refractivity contribution in [3.05, 3.63) is 39.9 Å². The van der Waals surface area contributed by atoms with Gasteiger partial charge in [0, 0.05) is 58.0 Å². The van der Waals surface area contributed by atoms with Gasteiger partial charge in [-0.3, -0.25) is 14.9 Å². The highest BCUT2D eigenvalue weighted by atomic mass is 32.2. The van der Waals surface area contributed by atoms with E-state index in [1.807, 2.05) is 0 Å². The Balaban J connectivity index is 2.07. The van der Waals surface area contributed by atoms with Gasteiger partial charge in [-0.1, -0.05) is 6.07 Å². The van der Waals surface area contributed by atoms with Gasteiger partial charge in [0.15, 0.2) is 0 Å². The molecule has 23 heavy (non-hydrogen) atoms. The van der Waals surface area contributed by atoms with Crippen molar-refractivity contribution in [2.75, 3.05) is 40.3 Å². The van der Waals surface area contributed by atoms with Gasteiger partial charge in [-0.05, 0) is 6.07 Å². The lowest BCUT2D eigenvalue weighted by Gasteiger charge is -2.35. The van der Waals surface area contributed by atoms with Crippen molar-refractivity contribution in [1.29, 1.82) is 0 Å². The molecule has 0 spiro atoms. The maximum Gasteiger partial charge on any atom is 0.281 e. The van der Waals surface area contributed by atoms with Gasteiger partial charge < -0.3 is 4.90 Å². The number of nitrogens with zero attached hydrogens (tertiary/aromatic N) is 4. The van der Waals surface area contributed by atoms with Crippen LogP contribution < -0.4 is 0 Å². The smallest absolute Gasteiger partial charge is 0.281 e. The van der Waals surface area contributed by atoms with E-state index in [2.05, 4.69) is 0 Å². The van der Waals surface area contributed by atoms with E-state index in [1.54, 1.807) is 0 Å². The predicted octanol–water partition coefficient (Wildman–Crippen LogP) is 0.159. The van der Waals surface area contributed by atoms with Crippen LogP contribution in [0.1, 0.15) is 10.4 Å². The van der Waals surface area contributed by atoms with Gasteiger partial charge in [-0.25, -0.2) is 0 Å². The number of carbonyl (C=O) groups excluding carboxylic acids is 1. The van der Waals surface area contributed by atoms with E-state index in [9.17, 15) is 23.3 Å². The number of nitro benzene ring substituents is 1. The molecule has 1 aliphatic heterocycles. The molecule has 0 saturated carbocycles. The number of carbonyl (C=O) groups is 1. The first-order valence-corrected chi connectivity index (χ1v) is 8.34. The van der Waals surface area contributed by atoms with E-state index >= 15 is 0 Å². The molecular weight excluding hydrogens is 324 g/mol. The van der Waals surface area contributed by atoms with Crippen LogP contribution in [0, 0.1) is 10.1 Å². The van der Waals surface area contributed by atoms with Crippen LogP contribution in [0.4, 0.5) is 5.69 Å². The molecule has 0 N–H and O–H groups in total. The lowest BCUT2D eigenvalue weighted by molar-refractivity contribution is -0.384. The SMILES string of the molecule is CN(C)S(=O)(=O)N1CCN(C(=O)c2cccc([N+](=O)[O-])c2)CC1. The summed E-state index contributed by atoms with van der Waals surface area (Å²) < 4.78 is 26.5. The molecule has 9 nitrogen and oxygen atoms in total. The summed E-state index contributed by atoms with van der Waals surface area (Å²) in [5.74, 6) is -0.337. The molecule has 0 aliphatic carbocycles. The lowest BCUT2D eigenvalue weighted by atomic mass is 10.1. The van der Waals surface area contributed by atoms with E-state index < -0.39 is 15.1 Å². The normalized spacial score (nSPS) is 16.6. The maximum absolute atomic E-state index is 12.4.